The fourth-order valence-corrected chi connectivity index (χ4v) is 0.149. The molecule has 0 aliphatic heterocycles. The number of hydrogen-bond donors (Lipinski definition) is 3. The molecule has 3 N–H and O–H groups in total. The topological polar surface area (TPSA) is 69.6 Å². The van der Waals surface area contributed by atoms with Crippen molar-refractivity contribution in [1.82, 2.24) is 5.48 Å². The van der Waals surface area contributed by atoms with E-state index in [1.54, 1.807) is 0 Å². The van der Waals surface area contributed by atoms with Crippen LogP contribution in [0.1, 0.15) is 20.8 Å². The molecule has 1 atom stereocenters. The zero-order chi connectivity index (χ0) is 8.57. The average molecular weight is 149 g/mol. The third kappa shape index (κ3) is 10.4. The molecule has 0 radical (unpaired) electrons. The molecule has 0 spiro atoms. The maximum Gasteiger partial charge on any atom is 0.290 e. The normalized spacial score (nSPS) is 11.7. The highest BCUT2D eigenvalue weighted by atomic mass is 16.5. The first-order valence-corrected chi connectivity index (χ1v) is 3.07. The van der Waals surface area contributed by atoms with Crippen LogP contribution in [0.15, 0.2) is 0 Å². The highest BCUT2D eigenvalue weighted by Gasteiger charge is 2.01. The smallest absolute Gasteiger partial charge is 0.290 e. The van der Waals surface area contributed by atoms with Crippen molar-refractivity contribution in [3.05, 3.63) is 0 Å². The van der Waals surface area contributed by atoms with Gasteiger partial charge in [0.2, 0.25) is 0 Å². The van der Waals surface area contributed by atoms with Crippen molar-refractivity contribution < 1.29 is 15.1 Å². The number of nitrogens with one attached hydrogen (secondary N) is 1. The van der Waals surface area contributed by atoms with Crippen LogP contribution < -0.4 is 5.48 Å². The first kappa shape index (κ1) is 12.1. The second-order valence-electron chi connectivity index (χ2n) is 2.27. The molecule has 0 rings (SSSR count). The predicted octanol–water partition coefficient (Wildman–Crippen LogP) is 0.710. The number of rotatable bonds is 2. The molecular formula is C6H15NO3. The van der Waals surface area contributed by atoms with Gasteiger partial charge < -0.3 is 10.3 Å². The van der Waals surface area contributed by atoms with Gasteiger partial charge in [0, 0.05) is 6.04 Å². The second kappa shape index (κ2) is 8.39. The molecule has 0 aliphatic carbocycles. The van der Waals surface area contributed by atoms with Gasteiger partial charge in [0.25, 0.3) is 6.47 Å². The van der Waals surface area contributed by atoms with Crippen molar-refractivity contribution >= 4 is 6.47 Å². The van der Waals surface area contributed by atoms with E-state index in [0.29, 0.717) is 5.92 Å². The van der Waals surface area contributed by atoms with E-state index in [1.165, 1.54) is 0 Å². The Morgan fingerprint density at radius 3 is 1.70 bits per heavy atom. The van der Waals surface area contributed by atoms with E-state index < -0.39 is 0 Å². The van der Waals surface area contributed by atoms with Gasteiger partial charge in [-0.25, -0.2) is 5.48 Å². The molecule has 0 saturated carbocycles. The largest absolute Gasteiger partial charge is 0.483 e. The molecule has 0 bridgehead atoms. The van der Waals surface area contributed by atoms with Crippen LogP contribution in [-0.2, 0) is 4.79 Å². The molecule has 0 fully saturated rings. The molecule has 0 aromatic carbocycles. The predicted molar refractivity (Wildman–Crippen MR) is 37.9 cm³/mol. The summed E-state index contributed by atoms with van der Waals surface area (Å²) in [6.45, 7) is 5.78. The van der Waals surface area contributed by atoms with E-state index in [2.05, 4.69) is 5.48 Å². The summed E-state index contributed by atoms with van der Waals surface area (Å²) in [5, 5.41) is 15.1. The Morgan fingerprint density at radius 2 is 1.70 bits per heavy atom. The van der Waals surface area contributed by atoms with Gasteiger partial charge in [-0.2, -0.15) is 0 Å². The van der Waals surface area contributed by atoms with E-state index in [9.17, 15) is 0 Å². The lowest BCUT2D eigenvalue weighted by Crippen LogP contribution is -2.27. The Bertz CT molecular complexity index is 75.4. The monoisotopic (exact) mass is 149 g/mol. The van der Waals surface area contributed by atoms with Crippen molar-refractivity contribution in [2.24, 2.45) is 5.92 Å². The van der Waals surface area contributed by atoms with Gasteiger partial charge in [0.1, 0.15) is 0 Å². The second-order valence-corrected chi connectivity index (χ2v) is 2.27. The maximum atomic E-state index is 8.36. The Morgan fingerprint density at radius 1 is 1.40 bits per heavy atom. The van der Waals surface area contributed by atoms with Gasteiger partial charge in [-0.3, -0.25) is 4.79 Å². The molecule has 4 heteroatoms. The summed E-state index contributed by atoms with van der Waals surface area (Å²) >= 11 is 0. The van der Waals surface area contributed by atoms with E-state index >= 15 is 0 Å². The van der Waals surface area contributed by atoms with Crippen molar-refractivity contribution in [2.45, 2.75) is 26.8 Å². The summed E-state index contributed by atoms with van der Waals surface area (Å²) < 4.78 is 0. The Kier molecular flexibility index (Phi) is 10.2. The van der Waals surface area contributed by atoms with Crippen LogP contribution in [0, 0.1) is 5.92 Å². The van der Waals surface area contributed by atoms with E-state index in [1.807, 2.05) is 20.8 Å². The lowest BCUT2D eigenvalue weighted by atomic mass is 10.1. The summed E-state index contributed by atoms with van der Waals surface area (Å²) in [6, 6.07) is 0.208. The van der Waals surface area contributed by atoms with Crippen molar-refractivity contribution in [2.75, 3.05) is 0 Å². The first-order chi connectivity index (χ1) is 4.59. The maximum absolute atomic E-state index is 8.36. The number of hydrogen-bond acceptors (Lipinski definition) is 3. The third-order valence-corrected chi connectivity index (χ3v) is 1.20. The molecule has 4 nitrogen and oxygen atoms in total. The van der Waals surface area contributed by atoms with Gasteiger partial charge >= 0.3 is 0 Å². The summed E-state index contributed by atoms with van der Waals surface area (Å²) in [4.78, 5) is 8.36. The molecule has 0 saturated heterocycles. The minimum atomic E-state index is -0.250. The third-order valence-electron chi connectivity index (χ3n) is 1.20. The van der Waals surface area contributed by atoms with E-state index in [-0.39, 0.29) is 12.5 Å². The quantitative estimate of drug-likeness (QED) is 0.399. The van der Waals surface area contributed by atoms with Crippen molar-refractivity contribution in [3.8, 4) is 0 Å². The SMILES string of the molecule is CC(C)C(C)NO.O=CO. The Labute approximate surface area is 60.8 Å². The molecule has 0 amide bonds. The molecular weight excluding hydrogens is 134 g/mol. The lowest BCUT2D eigenvalue weighted by Gasteiger charge is -2.11. The summed E-state index contributed by atoms with van der Waals surface area (Å²) in [5.74, 6) is 0.505. The molecule has 0 heterocycles. The van der Waals surface area contributed by atoms with Crippen molar-refractivity contribution in [1.29, 1.82) is 0 Å². The summed E-state index contributed by atoms with van der Waals surface area (Å²) in [7, 11) is 0. The fourth-order valence-electron chi connectivity index (χ4n) is 0.149. The fraction of sp³-hybridized carbons (Fsp3) is 0.833. The number of carbonyl (C=O) groups is 1. The van der Waals surface area contributed by atoms with Gasteiger partial charge in [0.15, 0.2) is 0 Å². The standard InChI is InChI=1S/C5H13NO.CH2O2/c1-4(2)5(3)6-7;2-1-3/h4-7H,1-3H3;1H,(H,2,3). The van der Waals surface area contributed by atoms with E-state index in [0.717, 1.165) is 0 Å². The van der Waals surface area contributed by atoms with Crippen LogP contribution >= 0.6 is 0 Å². The Hall–Kier alpha value is -0.610. The minimum Gasteiger partial charge on any atom is -0.483 e. The number of hydroxylamine groups is 1. The van der Waals surface area contributed by atoms with Crippen LogP contribution in [0.4, 0.5) is 0 Å². The zero-order valence-corrected chi connectivity index (χ0v) is 6.53. The van der Waals surface area contributed by atoms with E-state index in [4.69, 9.17) is 15.1 Å². The minimum absolute atomic E-state index is 0.208. The van der Waals surface area contributed by atoms with Crippen LogP contribution in [0.25, 0.3) is 0 Å². The van der Waals surface area contributed by atoms with Gasteiger partial charge in [0.05, 0.1) is 0 Å². The zero-order valence-electron chi connectivity index (χ0n) is 6.53. The lowest BCUT2D eigenvalue weighted by molar-refractivity contribution is -0.122. The van der Waals surface area contributed by atoms with Crippen molar-refractivity contribution in [3.63, 3.8) is 0 Å². The summed E-state index contributed by atoms with van der Waals surface area (Å²) in [6.07, 6.45) is 0. The number of carboxylic acid groups (broad SMARTS) is 1. The molecule has 0 aromatic heterocycles. The Balaban J connectivity index is 0. The van der Waals surface area contributed by atoms with Gasteiger partial charge in [-0.1, -0.05) is 13.8 Å². The molecule has 1 unspecified atom stereocenters. The van der Waals surface area contributed by atoms with Crippen LogP contribution in [0.5, 0.6) is 0 Å². The molecule has 62 valence electrons. The highest BCUT2D eigenvalue weighted by Crippen LogP contribution is 1.96. The average Bonchev–Trinajstić information content (AvgIpc) is 1.88. The summed E-state index contributed by atoms with van der Waals surface area (Å²) in [5.41, 5.74) is 2.16. The van der Waals surface area contributed by atoms with Gasteiger partial charge in [-0.05, 0) is 12.8 Å². The van der Waals surface area contributed by atoms with Crippen LogP contribution in [-0.4, -0.2) is 22.8 Å². The molecule has 0 aromatic rings. The van der Waals surface area contributed by atoms with Crippen LogP contribution in [0.3, 0.4) is 0 Å². The molecule has 10 heavy (non-hydrogen) atoms. The molecule has 0 aliphatic rings. The first-order valence-electron chi connectivity index (χ1n) is 3.07. The van der Waals surface area contributed by atoms with Gasteiger partial charge in [-0.15, -0.1) is 0 Å². The highest BCUT2D eigenvalue weighted by molar-refractivity contribution is 5.32. The van der Waals surface area contributed by atoms with Crippen LogP contribution in [0.2, 0.25) is 0 Å².